The first-order valence-electron chi connectivity index (χ1n) is 7.99. The number of amides is 1. The number of hydrogen-bond acceptors (Lipinski definition) is 4. The van der Waals surface area contributed by atoms with Gasteiger partial charge < -0.3 is 15.2 Å². The van der Waals surface area contributed by atoms with Crippen molar-refractivity contribution < 1.29 is 54.6 Å². The van der Waals surface area contributed by atoms with Crippen LogP contribution in [0, 0.1) is 36.0 Å². The fourth-order valence-corrected chi connectivity index (χ4v) is 2.56. The summed E-state index contributed by atoms with van der Waals surface area (Å²) in [6.07, 6.45) is -5.51. The van der Waals surface area contributed by atoms with Crippen LogP contribution in [0.4, 0.5) is 40.8 Å². The summed E-state index contributed by atoms with van der Waals surface area (Å²) in [5.41, 5.74) is -7.58. The molecule has 0 heterocycles. The lowest BCUT2D eigenvalue weighted by Crippen LogP contribution is -2.49. The molecule has 0 radical (unpaired) electrons. The Kier molecular flexibility index (Phi) is 6.31. The van der Waals surface area contributed by atoms with Gasteiger partial charge in [0.15, 0.2) is 23.3 Å². The molecule has 2 rings (SSSR count). The molecular weight excluding hydrogens is 446 g/mol. The second-order valence-corrected chi connectivity index (χ2v) is 6.13. The van der Waals surface area contributed by atoms with Gasteiger partial charge in [-0.15, -0.1) is 0 Å². The third-order valence-corrected chi connectivity index (χ3v) is 4.22. The van der Waals surface area contributed by atoms with Gasteiger partial charge in [-0.1, -0.05) is 12.1 Å². The van der Waals surface area contributed by atoms with Crippen LogP contribution in [0.1, 0.15) is 21.5 Å². The van der Waals surface area contributed by atoms with Gasteiger partial charge in [0.2, 0.25) is 5.82 Å². The summed E-state index contributed by atoms with van der Waals surface area (Å²) in [7, 11) is 0.602. The summed E-state index contributed by atoms with van der Waals surface area (Å²) in [5.74, 6) is -15.9. The molecule has 13 heteroatoms. The minimum absolute atomic E-state index is 0.263. The SMILES string of the molecule is COC(=O)[C@@](O)(c1ccc(NC(=O)c2c(F)c(F)c(F)c(F)c2F)c(C)c1)C(F)(F)F. The van der Waals surface area contributed by atoms with Crippen LogP contribution < -0.4 is 5.32 Å². The lowest BCUT2D eigenvalue weighted by atomic mass is 9.91. The molecule has 0 spiro atoms. The van der Waals surface area contributed by atoms with E-state index >= 15 is 0 Å². The number of methoxy groups -OCH3 is 1. The summed E-state index contributed by atoms with van der Waals surface area (Å²) in [5, 5.41) is 11.7. The standard InChI is InChI=1S/C18H11F8NO4/c1-6-5-7(17(30,16(29)31-2)18(24,25)26)3-4-8(6)27-15(28)9-10(19)12(21)14(23)13(22)11(9)20/h3-5,30H,1-2H3,(H,27,28)/t17-/m0/s1. The van der Waals surface area contributed by atoms with E-state index in [-0.39, 0.29) is 5.56 Å². The van der Waals surface area contributed by atoms with Gasteiger partial charge >= 0.3 is 12.1 Å². The zero-order chi connectivity index (χ0) is 23.9. The van der Waals surface area contributed by atoms with Crippen LogP contribution in [-0.4, -0.2) is 30.3 Å². The quantitative estimate of drug-likeness (QED) is 0.317. The van der Waals surface area contributed by atoms with Crippen LogP contribution in [0.3, 0.4) is 0 Å². The molecule has 2 aromatic rings. The van der Waals surface area contributed by atoms with Crippen LogP contribution in [0.2, 0.25) is 0 Å². The minimum Gasteiger partial charge on any atom is -0.466 e. The van der Waals surface area contributed by atoms with Crippen molar-refractivity contribution in [3.05, 3.63) is 64.0 Å². The van der Waals surface area contributed by atoms with E-state index in [1.165, 1.54) is 0 Å². The second-order valence-electron chi connectivity index (χ2n) is 6.13. The molecule has 0 fully saturated rings. The number of ether oxygens (including phenoxy) is 1. The van der Waals surface area contributed by atoms with Crippen molar-refractivity contribution in [3.63, 3.8) is 0 Å². The average molecular weight is 457 g/mol. The van der Waals surface area contributed by atoms with Crippen molar-refractivity contribution in [1.29, 1.82) is 0 Å². The van der Waals surface area contributed by atoms with Gasteiger partial charge in [0.25, 0.3) is 11.5 Å². The molecule has 2 N–H and O–H groups in total. The van der Waals surface area contributed by atoms with E-state index < -0.39 is 69.6 Å². The lowest BCUT2D eigenvalue weighted by Gasteiger charge is -2.28. The van der Waals surface area contributed by atoms with Gasteiger partial charge in [-0.05, 0) is 18.6 Å². The molecular formula is C18H11F8NO4. The van der Waals surface area contributed by atoms with Gasteiger partial charge in [-0.2, -0.15) is 13.2 Å². The molecule has 0 aliphatic carbocycles. The molecule has 0 bridgehead atoms. The van der Waals surface area contributed by atoms with Crippen LogP contribution in [-0.2, 0) is 15.1 Å². The van der Waals surface area contributed by atoms with E-state index in [2.05, 4.69) is 4.74 Å². The summed E-state index contributed by atoms with van der Waals surface area (Å²) in [6.45, 7) is 1.08. The number of halogens is 8. The van der Waals surface area contributed by atoms with Crippen LogP contribution in [0.5, 0.6) is 0 Å². The Morgan fingerprint density at radius 1 is 0.935 bits per heavy atom. The van der Waals surface area contributed by atoms with Crippen molar-refractivity contribution in [3.8, 4) is 0 Å². The highest BCUT2D eigenvalue weighted by Crippen LogP contribution is 2.41. The number of rotatable bonds is 4. The molecule has 0 saturated heterocycles. The number of nitrogens with one attached hydrogen (secondary N) is 1. The fraction of sp³-hybridized carbons (Fsp3) is 0.222. The highest BCUT2D eigenvalue weighted by atomic mass is 19.4. The smallest absolute Gasteiger partial charge is 0.432 e. The Balaban J connectivity index is 2.49. The van der Waals surface area contributed by atoms with Crippen LogP contribution in [0.15, 0.2) is 18.2 Å². The van der Waals surface area contributed by atoms with Gasteiger partial charge in [-0.25, -0.2) is 26.7 Å². The van der Waals surface area contributed by atoms with Crippen molar-refractivity contribution in [2.24, 2.45) is 0 Å². The summed E-state index contributed by atoms with van der Waals surface area (Å²) < 4.78 is 111. The zero-order valence-electron chi connectivity index (χ0n) is 15.4. The van der Waals surface area contributed by atoms with E-state index in [4.69, 9.17) is 0 Å². The Morgan fingerprint density at radius 3 is 1.84 bits per heavy atom. The van der Waals surface area contributed by atoms with Gasteiger partial charge in [0.1, 0.15) is 5.56 Å². The first-order valence-corrected chi connectivity index (χ1v) is 7.99. The maximum absolute atomic E-state index is 13.7. The number of aliphatic hydroxyl groups is 1. The maximum atomic E-state index is 13.7. The van der Waals surface area contributed by atoms with Gasteiger partial charge in [-0.3, -0.25) is 4.79 Å². The van der Waals surface area contributed by atoms with Gasteiger partial charge in [0, 0.05) is 11.3 Å². The lowest BCUT2D eigenvalue weighted by molar-refractivity contribution is -0.266. The van der Waals surface area contributed by atoms with E-state index in [0.29, 0.717) is 25.3 Å². The number of carbonyl (C=O) groups excluding carboxylic acids is 2. The molecule has 1 atom stereocenters. The maximum Gasteiger partial charge on any atom is 0.432 e. The Morgan fingerprint density at radius 2 is 1.42 bits per heavy atom. The highest BCUT2D eigenvalue weighted by Gasteiger charge is 2.62. The molecule has 0 unspecified atom stereocenters. The highest BCUT2D eigenvalue weighted by molar-refractivity contribution is 6.05. The molecule has 0 saturated carbocycles. The van der Waals surface area contributed by atoms with E-state index in [9.17, 15) is 49.8 Å². The number of benzene rings is 2. The third-order valence-electron chi connectivity index (χ3n) is 4.22. The minimum atomic E-state index is -5.51. The van der Waals surface area contributed by atoms with Crippen molar-refractivity contribution in [2.45, 2.75) is 18.7 Å². The van der Waals surface area contributed by atoms with Gasteiger partial charge in [0.05, 0.1) is 7.11 Å². The topological polar surface area (TPSA) is 75.6 Å². The largest absolute Gasteiger partial charge is 0.466 e. The second kappa shape index (κ2) is 8.13. The predicted octanol–water partition coefficient (Wildman–Crippen LogP) is 3.87. The molecule has 0 aromatic heterocycles. The first kappa shape index (κ1) is 24.1. The average Bonchev–Trinajstić information content (AvgIpc) is 2.70. The summed E-state index contributed by atoms with van der Waals surface area (Å²) in [6, 6.07) is 1.87. The number of aryl methyl sites for hydroxylation is 1. The Labute approximate surface area is 168 Å². The predicted molar refractivity (Wildman–Crippen MR) is 87.3 cm³/mol. The molecule has 2 aromatic carbocycles. The van der Waals surface area contributed by atoms with Crippen LogP contribution >= 0.6 is 0 Å². The number of anilines is 1. The summed E-state index contributed by atoms with van der Waals surface area (Å²) >= 11 is 0. The van der Waals surface area contributed by atoms with Crippen molar-refractivity contribution >= 4 is 17.6 Å². The Bertz CT molecular complexity index is 1040. The number of hydrogen-bond donors (Lipinski definition) is 2. The number of alkyl halides is 3. The molecule has 5 nitrogen and oxygen atoms in total. The number of esters is 1. The van der Waals surface area contributed by atoms with Crippen molar-refractivity contribution in [2.75, 3.05) is 12.4 Å². The molecule has 0 aliphatic heterocycles. The zero-order valence-corrected chi connectivity index (χ0v) is 15.4. The van der Waals surface area contributed by atoms with E-state index in [1.807, 2.05) is 0 Å². The Hall–Kier alpha value is -3.22. The normalized spacial score (nSPS) is 13.5. The van der Waals surface area contributed by atoms with E-state index in [0.717, 1.165) is 6.92 Å². The third kappa shape index (κ3) is 3.92. The van der Waals surface area contributed by atoms with E-state index in [1.54, 1.807) is 5.32 Å². The fourth-order valence-electron chi connectivity index (χ4n) is 2.56. The molecule has 168 valence electrons. The van der Waals surface area contributed by atoms with Crippen LogP contribution in [0.25, 0.3) is 0 Å². The summed E-state index contributed by atoms with van der Waals surface area (Å²) in [4.78, 5) is 23.6. The molecule has 1 amide bonds. The molecule has 31 heavy (non-hydrogen) atoms. The number of carbonyl (C=O) groups is 2. The first-order chi connectivity index (χ1) is 14.2. The monoisotopic (exact) mass is 457 g/mol. The molecule has 0 aliphatic rings. The van der Waals surface area contributed by atoms with Crippen molar-refractivity contribution in [1.82, 2.24) is 0 Å².